The van der Waals surface area contributed by atoms with Gasteiger partial charge in [0.15, 0.2) is 11.4 Å². The van der Waals surface area contributed by atoms with Gasteiger partial charge in [-0.2, -0.15) is 0 Å². The van der Waals surface area contributed by atoms with E-state index in [-0.39, 0.29) is 34.4 Å². The van der Waals surface area contributed by atoms with Gasteiger partial charge in [0.05, 0.1) is 11.8 Å². The van der Waals surface area contributed by atoms with Crippen molar-refractivity contribution in [1.82, 2.24) is 0 Å². The molecule has 1 saturated heterocycles. The number of ether oxygens (including phenoxy) is 2. The molecule has 6 nitrogen and oxygen atoms in total. The van der Waals surface area contributed by atoms with Crippen LogP contribution in [0.4, 0.5) is 0 Å². The van der Waals surface area contributed by atoms with Crippen molar-refractivity contribution in [3.05, 3.63) is 0 Å². The van der Waals surface area contributed by atoms with E-state index in [1.807, 2.05) is 6.92 Å². The van der Waals surface area contributed by atoms with Crippen LogP contribution in [0.1, 0.15) is 92.9 Å². The van der Waals surface area contributed by atoms with Gasteiger partial charge < -0.3 is 14.6 Å². The molecule has 0 aromatic carbocycles. The molecule has 4 aliphatic carbocycles. The van der Waals surface area contributed by atoms with Crippen LogP contribution < -0.4 is 0 Å². The summed E-state index contributed by atoms with van der Waals surface area (Å²) in [5.74, 6) is -0.537. The second kappa shape index (κ2) is 6.83. The minimum atomic E-state index is -1.82. The lowest BCUT2D eigenvalue weighted by Gasteiger charge is -2.70. The number of Topliss-reactive ketones (excluding diaryl/α,β-unsaturated/α-hetero) is 1. The summed E-state index contributed by atoms with van der Waals surface area (Å²) >= 11 is 0. The van der Waals surface area contributed by atoms with E-state index < -0.39 is 35.2 Å². The fourth-order valence-electron chi connectivity index (χ4n) is 9.98. The van der Waals surface area contributed by atoms with Crippen molar-refractivity contribution in [2.45, 2.75) is 111 Å². The lowest BCUT2D eigenvalue weighted by Crippen LogP contribution is -2.72. The Balaban J connectivity index is 1.64. The van der Waals surface area contributed by atoms with Crippen molar-refractivity contribution >= 4 is 17.7 Å². The fraction of sp³-hybridized carbons (Fsp3) is 0.889. The molecular formula is C27H40O6. The van der Waals surface area contributed by atoms with Crippen LogP contribution in [0.3, 0.4) is 0 Å². The first-order valence-corrected chi connectivity index (χ1v) is 12.8. The van der Waals surface area contributed by atoms with Gasteiger partial charge >= 0.3 is 11.9 Å². The number of ketones is 1. The van der Waals surface area contributed by atoms with Gasteiger partial charge in [-0.3, -0.25) is 14.4 Å². The number of fused-ring (bicyclic) bond motifs is 6. The van der Waals surface area contributed by atoms with Gasteiger partial charge in [0, 0.05) is 6.92 Å². The zero-order chi connectivity index (χ0) is 24.2. The molecule has 33 heavy (non-hydrogen) atoms. The normalized spacial score (nSPS) is 52.6. The van der Waals surface area contributed by atoms with Gasteiger partial charge in [-0.05, 0) is 79.4 Å². The summed E-state index contributed by atoms with van der Waals surface area (Å²) in [6.07, 6.45) is 5.04. The Labute approximate surface area is 197 Å². The van der Waals surface area contributed by atoms with Gasteiger partial charge in [0.1, 0.15) is 12.2 Å². The molecule has 0 aromatic heterocycles. The summed E-state index contributed by atoms with van der Waals surface area (Å²) in [5, 5.41) is 11.4. The molecule has 0 spiro atoms. The Morgan fingerprint density at radius 1 is 0.970 bits per heavy atom. The van der Waals surface area contributed by atoms with Crippen molar-refractivity contribution in [1.29, 1.82) is 0 Å². The van der Waals surface area contributed by atoms with Crippen LogP contribution in [-0.4, -0.2) is 40.6 Å². The van der Waals surface area contributed by atoms with Crippen molar-refractivity contribution in [2.75, 3.05) is 0 Å². The average molecular weight is 461 g/mol. The van der Waals surface area contributed by atoms with Gasteiger partial charge in [-0.25, -0.2) is 0 Å². The highest BCUT2D eigenvalue weighted by molar-refractivity contribution is 5.99. The summed E-state index contributed by atoms with van der Waals surface area (Å²) in [6, 6.07) is 0. The molecule has 0 bridgehead atoms. The van der Waals surface area contributed by atoms with Gasteiger partial charge in [0.2, 0.25) is 0 Å². The molecule has 0 radical (unpaired) electrons. The summed E-state index contributed by atoms with van der Waals surface area (Å²) in [7, 11) is 0. The quantitative estimate of drug-likeness (QED) is 0.590. The second-order valence-corrected chi connectivity index (χ2v) is 13.3. The summed E-state index contributed by atoms with van der Waals surface area (Å²) in [4.78, 5) is 38.4. The Hall–Kier alpha value is -1.43. The first-order valence-electron chi connectivity index (χ1n) is 12.8. The highest BCUT2D eigenvalue weighted by Gasteiger charge is 2.75. The van der Waals surface area contributed by atoms with Crippen LogP contribution in [0.2, 0.25) is 0 Å². The highest BCUT2D eigenvalue weighted by Crippen LogP contribution is 2.73. The van der Waals surface area contributed by atoms with E-state index in [9.17, 15) is 19.5 Å². The molecule has 0 amide bonds. The zero-order valence-corrected chi connectivity index (χ0v) is 21.0. The number of carbonyl (C=O) groups excluding carboxylic acids is 3. The molecular weight excluding hydrogens is 420 g/mol. The molecule has 1 heterocycles. The van der Waals surface area contributed by atoms with Crippen LogP contribution in [0.25, 0.3) is 0 Å². The van der Waals surface area contributed by atoms with Gasteiger partial charge in [-0.1, -0.05) is 34.1 Å². The molecule has 184 valence electrons. The number of aliphatic hydroxyl groups is 1. The van der Waals surface area contributed by atoms with Crippen LogP contribution >= 0.6 is 0 Å². The third kappa shape index (κ3) is 2.85. The van der Waals surface area contributed by atoms with Crippen molar-refractivity contribution in [2.24, 2.45) is 39.4 Å². The Morgan fingerprint density at radius 2 is 1.64 bits per heavy atom. The first kappa shape index (κ1) is 23.3. The standard InChI is InChI=1S/C27H40O6/c1-15(28)32-19-12-17-24(4)10-7-9-23(2,3)16(24)8-11-25(17,5)18-13-20-27(31,14-21(29)33-20)22(30)26(18,19)6/h16-20,31H,7-14H2,1-6H3. The Bertz CT molecular complexity index is 910. The highest BCUT2D eigenvalue weighted by atomic mass is 16.6. The van der Waals surface area contributed by atoms with Crippen molar-refractivity contribution < 1.29 is 29.0 Å². The topological polar surface area (TPSA) is 89.9 Å². The molecule has 6 heteroatoms. The van der Waals surface area contributed by atoms with E-state index >= 15 is 0 Å². The van der Waals surface area contributed by atoms with E-state index in [1.54, 1.807) is 0 Å². The van der Waals surface area contributed by atoms with E-state index in [1.165, 1.54) is 19.8 Å². The van der Waals surface area contributed by atoms with Crippen LogP contribution in [0.5, 0.6) is 0 Å². The molecule has 5 rings (SSSR count). The van der Waals surface area contributed by atoms with E-state index in [2.05, 4.69) is 27.7 Å². The Morgan fingerprint density at radius 3 is 2.30 bits per heavy atom. The summed E-state index contributed by atoms with van der Waals surface area (Å²) in [6.45, 7) is 12.8. The fourth-order valence-corrected chi connectivity index (χ4v) is 9.98. The molecule has 4 saturated carbocycles. The molecule has 9 atom stereocenters. The van der Waals surface area contributed by atoms with E-state index in [4.69, 9.17) is 9.47 Å². The third-order valence-corrected chi connectivity index (χ3v) is 11.3. The average Bonchev–Trinajstić information content (AvgIpc) is 2.99. The molecule has 1 aliphatic heterocycles. The monoisotopic (exact) mass is 460 g/mol. The number of rotatable bonds is 1. The molecule has 0 aromatic rings. The predicted molar refractivity (Wildman–Crippen MR) is 121 cm³/mol. The molecule has 1 N–H and O–H groups in total. The second-order valence-electron chi connectivity index (χ2n) is 13.3. The number of carbonyl (C=O) groups is 3. The largest absolute Gasteiger partial charge is 0.461 e. The summed E-state index contributed by atoms with van der Waals surface area (Å²) < 4.78 is 11.4. The van der Waals surface area contributed by atoms with Gasteiger partial charge in [0.25, 0.3) is 0 Å². The van der Waals surface area contributed by atoms with E-state index in [0.29, 0.717) is 24.7 Å². The Kier molecular flexibility index (Phi) is 4.82. The number of hydrogen-bond acceptors (Lipinski definition) is 6. The maximum Gasteiger partial charge on any atom is 0.309 e. The van der Waals surface area contributed by atoms with Crippen LogP contribution in [-0.2, 0) is 23.9 Å². The maximum absolute atomic E-state index is 14.0. The molecule has 9 unspecified atom stereocenters. The van der Waals surface area contributed by atoms with E-state index in [0.717, 1.165) is 19.3 Å². The lowest BCUT2D eigenvalue weighted by atomic mass is 9.34. The third-order valence-electron chi connectivity index (χ3n) is 11.3. The first-order chi connectivity index (χ1) is 15.2. The maximum atomic E-state index is 14.0. The zero-order valence-electron chi connectivity index (χ0n) is 21.0. The van der Waals surface area contributed by atoms with Crippen molar-refractivity contribution in [3.8, 4) is 0 Å². The SMILES string of the molecule is CC(=O)OC1CC2C3(C)CCCC(C)(C)C3CCC2(C)C2CC3OC(=O)CC3(O)C(=O)C12C. The minimum Gasteiger partial charge on any atom is -0.461 e. The molecule has 5 aliphatic rings. The summed E-state index contributed by atoms with van der Waals surface area (Å²) in [5.41, 5.74) is -2.66. The number of hydrogen-bond donors (Lipinski definition) is 1. The predicted octanol–water partition coefficient (Wildman–Crippen LogP) is 4.21. The lowest BCUT2D eigenvalue weighted by molar-refractivity contribution is -0.250. The smallest absolute Gasteiger partial charge is 0.309 e. The van der Waals surface area contributed by atoms with Crippen LogP contribution in [0, 0.1) is 39.4 Å². The van der Waals surface area contributed by atoms with Gasteiger partial charge in [-0.15, -0.1) is 0 Å². The molecule has 5 fully saturated rings. The minimum absolute atomic E-state index is 0.0949. The van der Waals surface area contributed by atoms with Crippen molar-refractivity contribution in [3.63, 3.8) is 0 Å². The number of esters is 2. The van der Waals surface area contributed by atoms with Crippen LogP contribution in [0.15, 0.2) is 0 Å².